The average molecular weight is 308 g/mol. The van der Waals surface area contributed by atoms with Crippen molar-refractivity contribution in [2.45, 2.75) is 5.75 Å². The Balaban J connectivity index is 2.93. The molecule has 20 heavy (non-hydrogen) atoms. The van der Waals surface area contributed by atoms with E-state index < -0.39 is 5.82 Å². The Bertz CT molecular complexity index is 578. The molecule has 1 aromatic rings. The lowest BCUT2D eigenvalue weighted by atomic mass is 10.2. The number of halogens is 2. The zero-order valence-electron chi connectivity index (χ0n) is 10.5. The zero-order valence-corrected chi connectivity index (χ0v) is 12.1. The van der Waals surface area contributed by atoms with E-state index in [9.17, 15) is 4.39 Å². The van der Waals surface area contributed by atoms with Crippen LogP contribution in [-0.4, -0.2) is 6.54 Å². The summed E-state index contributed by atoms with van der Waals surface area (Å²) in [6.07, 6.45) is 1.60. The number of nitriles is 2. The molecule has 0 spiro atoms. The van der Waals surface area contributed by atoms with Gasteiger partial charge in [-0.2, -0.15) is 10.5 Å². The van der Waals surface area contributed by atoms with Gasteiger partial charge in [-0.25, -0.2) is 4.39 Å². The topological polar surface area (TPSA) is 59.6 Å². The molecule has 1 aromatic carbocycles. The van der Waals surface area contributed by atoms with Crippen molar-refractivity contribution < 1.29 is 4.39 Å². The number of hydrogen-bond donors (Lipinski definition) is 1. The van der Waals surface area contributed by atoms with Crippen molar-refractivity contribution in [3.8, 4) is 12.1 Å². The van der Waals surface area contributed by atoms with Crippen molar-refractivity contribution in [2.75, 3.05) is 6.54 Å². The standard InChI is InChI=1S/C14H11ClFN3S/c1-2-6-19-14(10(7-17)8-18)20-9-11-12(15)4-3-5-13(11)16/h2-5,19H,1,6,9H2. The van der Waals surface area contributed by atoms with E-state index in [1.54, 1.807) is 24.3 Å². The monoisotopic (exact) mass is 307 g/mol. The molecule has 0 bridgehead atoms. The fourth-order valence-electron chi connectivity index (χ4n) is 1.32. The molecule has 6 heteroatoms. The first-order valence-corrected chi connectivity index (χ1v) is 6.95. The Morgan fingerprint density at radius 1 is 1.45 bits per heavy atom. The molecule has 3 nitrogen and oxygen atoms in total. The van der Waals surface area contributed by atoms with Crippen LogP contribution in [0.2, 0.25) is 5.02 Å². The van der Waals surface area contributed by atoms with Crippen LogP contribution in [-0.2, 0) is 5.75 Å². The number of hydrogen-bond acceptors (Lipinski definition) is 4. The minimum absolute atomic E-state index is 0.0516. The first kappa shape index (κ1) is 16.1. The van der Waals surface area contributed by atoms with Crippen LogP contribution in [0.25, 0.3) is 0 Å². The second-order valence-electron chi connectivity index (χ2n) is 3.59. The van der Waals surface area contributed by atoms with Crippen LogP contribution >= 0.6 is 23.4 Å². The Kier molecular flexibility index (Phi) is 6.66. The predicted octanol–water partition coefficient (Wildman–Crippen LogP) is 3.75. The van der Waals surface area contributed by atoms with Crippen LogP contribution in [0, 0.1) is 28.5 Å². The van der Waals surface area contributed by atoms with E-state index in [-0.39, 0.29) is 11.3 Å². The number of benzene rings is 1. The van der Waals surface area contributed by atoms with Gasteiger partial charge in [0.1, 0.15) is 18.0 Å². The molecule has 102 valence electrons. The molecule has 0 fully saturated rings. The van der Waals surface area contributed by atoms with Gasteiger partial charge in [0.2, 0.25) is 0 Å². The summed E-state index contributed by atoms with van der Waals surface area (Å²) < 4.78 is 13.6. The normalized spacial score (nSPS) is 9.20. The van der Waals surface area contributed by atoms with Crippen molar-refractivity contribution in [2.24, 2.45) is 0 Å². The molecular formula is C14H11ClFN3S. The van der Waals surface area contributed by atoms with Gasteiger partial charge >= 0.3 is 0 Å². The Hall–Kier alpha value is -1.95. The van der Waals surface area contributed by atoms with Crippen molar-refractivity contribution in [3.63, 3.8) is 0 Å². The van der Waals surface area contributed by atoms with Gasteiger partial charge in [-0.05, 0) is 12.1 Å². The first-order chi connectivity index (χ1) is 9.63. The molecule has 0 amide bonds. The summed E-state index contributed by atoms with van der Waals surface area (Å²) >= 11 is 7.08. The second kappa shape index (κ2) is 8.27. The SMILES string of the molecule is C=CCNC(SCc1c(F)cccc1Cl)=C(C#N)C#N. The van der Waals surface area contributed by atoms with Gasteiger partial charge in [0.15, 0.2) is 5.57 Å². The average Bonchev–Trinajstić information content (AvgIpc) is 2.44. The molecule has 0 atom stereocenters. The molecule has 0 saturated heterocycles. The number of allylic oxidation sites excluding steroid dienone is 1. The predicted molar refractivity (Wildman–Crippen MR) is 79.2 cm³/mol. The third-order valence-corrected chi connectivity index (χ3v) is 3.70. The maximum atomic E-state index is 13.6. The van der Waals surface area contributed by atoms with Crippen molar-refractivity contribution in [3.05, 3.63) is 57.9 Å². The van der Waals surface area contributed by atoms with Gasteiger partial charge in [0.05, 0.1) is 5.03 Å². The van der Waals surface area contributed by atoms with E-state index in [1.165, 1.54) is 12.1 Å². The summed E-state index contributed by atoms with van der Waals surface area (Å²) in [7, 11) is 0. The molecule has 0 aliphatic rings. The van der Waals surface area contributed by atoms with Gasteiger partial charge in [-0.15, -0.1) is 18.3 Å². The van der Waals surface area contributed by atoms with Gasteiger partial charge in [-0.3, -0.25) is 0 Å². The smallest absolute Gasteiger partial charge is 0.159 e. The molecule has 1 rings (SSSR count). The molecule has 0 saturated carbocycles. The summed E-state index contributed by atoms with van der Waals surface area (Å²) in [5, 5.41) is 21.4. The van der Waals surface area contributed by atoms with Crippen molar-refractivity contribution in [1.29, 1.82) is 10.5 Å². The third-order valence-electron chi connectivity index (χ3n) is 2.28. The van der Waals surface area contributed by atoms with E-state index in [0.717, 1.165) is 11.8 Å². The van der Waals surface area contributed by atoms with E-state index in [0.29, 0.717) is 22.2 Å². The Morgan fingerprint density at radius 3 is 2.70 bits per heavy atom. The lowest BCUT2D eigenvalue weighted by Gasteiger charge is -2.10. The summed E-state index contributed by atoms with van der Waals surface area (Å²) in [6, 6.07) is 8.03. The lowest BCUT2D eigenvalue weighted by Crippen LogP contribution is -2.12. The van der Waals surface area contributed by atoms with Crippen LogP contribution in [0.1, 0.15) is 5.56 Å². The summed E-state index contributed by atoms with van der Waals surface area (Å²) in [4.78, 5) is 0. The summed E-state index contributed by atoms with van der Waals surface area (Å²) in [5.41, 5.74) is 0.289. The molecule has 1 N–H and O–H groups in total. The first-order valence-electron chi connectivity index (χ1n) is 5.59. The fourth-order valence-corrected chi connectivity index (χ4v) is 2.63. The highest BCUT2D eigenvalue weighted by molar-refractivity contribution is 8.02. The fraction of sp³-hybridized carbons (Fsp3) is 0.143. The quantitative estimate of drug-likeness (QED) is 0.642. The van der Waals surface area contributed by atoms with Gasteiger partial charge in [0, 0.05) is 22.9 Å². The van der Waals surface area contributed by atoms with E-state index in [4.69, 9.17) is 22.1 Å². The Morgan fingerprint density at radius 2 is 2.15 bits per heavy atom. The zero-order chi connectivity index (χ0) is 15.0. The highest BCUT2D eigenvalue weighted by Crippen LogP contribution is 2.28. The molecule has 0 heterocycles. The van der Waals surface area contributed by atoms with Gasteiger partial charge in [-0.1, -0.05) is 23.7 Å². The minimum atomic E-state index is -0.413. The third kappa shape index (κ3) is 4.31. The van der Waals surface area contributed by atoms with Crippen LogP contribution in [0.4, 0.5) is 4.39 Å². The number of nitrogens with one attached hydrogen (secondary N) is 1. The van der Waals surface area contributed by atoms with Crippen LogP contribution in [0.3, 0.4) is 0 Å². The summed E-state index contributed by atoms with van der Waals surface area (Å²) in [5.74, 6) is -0.193. The number of nitrogens with zero attached hydrogens (tertiary/aromatic N) is 2. The van der Waals surface area contributed by atoms with Gasteiger partial charge in [0.25, 0.3) is 0 Å². The maximum absolute atomic E-state index is 13.6. The molecular weight excluding hydrogens is 297 g/mol. The molecule has 0 aliphatic carbocycles. The van der Waals surface area contributed by atoms with Crippen LogP contribution in [0.5, 0.6) is 0 Å². The highest BCUT2D eigenvalue weighted by atomic mass is 35.5. The van der Waals surface area contributed by atoms with Crippen LogP contribution < -0.4 is 5.32 Å². The van der Waals surface area contributed by atoms with E-state index >= 15 is 0 Å². The minimum Gasteiger partial charge on any atom is -0.375 e. The van der Waals surface area contributed by atoms with E-state index in [1.807, 2.05) is 0 Å². The Labute approximate surface area is 126 Å². The van der Waals surface area contributed by atoms with Crippen LogP contribution in [0.15, 0.2) is 41.5 Å². The van der Waals surface area contributed by atoms with Gasteiger partial charge < -0.3 is 5.32 Å². The lowest BCUT2D eigenvalue weighted by molar-refractivity contribution is 0.617. The van der Waals surface area contributed by atoms with Crippen molar-refractivity contribution in [1.82, 2.24) is 5.32 Å². The number of rotatable bonds is 6. The number of thioether (sulfide) groups is 1. The van der Waals surface area contributed by atoms with E-state index in [2.05, 4.69) is 11.9 Å². The maximum Gasteiger partial charge on any atom is 0.159 e. The molecule has 0 aromatic heterocycles. The highest BCUT2D eigenvalue weighted by Gasteiger charge is 2.11. The molecule has 0 radical (unpaired) electrons. The summed E-state index contributed by atoms with van der Waals surface area (Å²) in [6.45, 7) is 3.95. The largest absolute Gasteiger partial charge is 0.375 e. The second-order valence-corrected chi connectivity index (χ2v) is 4.98. The van der Waals surface area contributed by atoms with Crippen molar-refractivity contribution >= 4 is 23.4 Å². The molecule has 0 aliphatic heterocycles. The molecule has 0 unspecified atom stereocenters.